The number of nitrogens with zero attached hydrogens (tertiary/aromatic N) is 4. The number of nitro groups is 2. The zero-order valence-corrected chi connectivity index (χ0v) is 29.4. The van der Waals surface area contributed by atoms with Gasteiger partial charge >= 0.3 is 11.9 Å². The average Bonchev–Trinajstić information content (AvgIpc) is 3.72. The Labute approximate surface area is 298 Å². The Morgan fingerprint density at radius 2 is 1.29 bits per heavy atom. The van der Waals surface area contributed by atoms with Crippen molar-refractivity contribution in [3.05, 3.63) is 79.9 Å². The predicted molar refractivity (Wildman–Crippen MR) is 183 cm³/mol. The lowest BCUT2D eigenvalue weighted by Gasteiger charge is -2.22. The summed E-state index contributed by atoms with van der Waals surface area (Å²) in [4.78, 5) is 71.5. The van der Waals surface area contributed by atoms with Gasteiger partial charge in [-0.05, 0) is 13.0 Å². The number of carbonyl (C=O) groups excluding carboxylic acids is 4. The van der Waals surface area contributed by atoms with E-state index in [1.807, 2.05) is 0 Å². The summed E-state index contributed by atoms with van der Waals surface area (Å²) in [5.74, 6) is -1.17. The molecule has 2 heterocycles. The Bertz CT molecular complexity index is 1740. The van der Waals surface area contributed by atoms with Gasteiger partial charge in [-0.2, -0.15) is 0 Å². The molecule has 2 aliphatic rings. The number of nitro benzene ring substituents is 2. The highest BCUT2D eigenvalue weighted by molar-refractivity contribution is 6.01. The first-order valence-electron chi connectivity index (χ1n) is 15.7. The highest BCUT2D eigenvalue weighted by Gasteiger charge is 2.40. The maximum Gasteiger partial charge on any atom is 0.328 e. The quantitative estimate of drug-likeness (QED) is 0.0679. The molecule has 0 bridgehead atoms. The molecule has 1 unspecified atom stereocenters. The highest BCUT2D eigenvalue weighted by atomic mass is 16.6. The molecule has 280 valence electrons. The molecule has 0 N–H and O–H groups in total. The van der Waals surface area contributed by atoms with Crippen molar-refractivity contribution in [3.63, 3.8) is 0 Å². The molecule has 18 heteroatoms. The summed E-state index contributed by atoms with van der Waals surface area (Å²) in [6.07, 6.45) is 1.65. The molecule has 0 aliphatic carbocycles. The molecule has 0 saturated carbocycles. The van der Waals surface area contributed by atoms with E-state index in [2.05, 4.69) is 17.9 Å². The van der Waals surface area contributed by atoms with E-state index in [4.69, 9.17) is 23.7 Å². The molecule has 2 atom stereocenters. The van der Waals surface area contributed by atoms with Gasteiger partial charge in [-0.3, -0.25) is 29.8 Å². The van der Waals surface area contributed by atoms with Crippen molar-refractivity contribution in [2.24, 2.45) is 0 Å². The molecular weight excluding hydrogens is 688 g/mol. The normalized spacial score (nSPS) is 16.3. The van der Waals surface area contributed by atoms with Gasteiger partial charge < -0.3 is 38.2 Å². The zero-order valence-electron chi connectivity index (χ0n) is 29.4. The number of hydrogen-bond donors (Lipinski definition) is 0. The van der Waals surface area contributed by atoms with E-state index in [9.17, 15) is 39.4 Å². The van der Waals surface area contributed by atoms with Gasteiger partial charge in [0.2, 0.25) is 6.41 Å². The lowest BCUT2D eigenvalue weighted by Crippen LogP contribution is -2.41. The van der Waals surface area contributed by atoms with Gasteiger partial charge in [0.1, 0.15) is 17.6 Å². The number of likely N-dealkylation sites (tertiary alicyclic amines) is 2. The Morgan fingerprint density at radius 3 is 1.81 bits per heavy atom. The summed E-state index contributed by atoms with van der Waals surface area (Å²) in [6, 6.07) is 3.65. The Balaban J connectivity index is 0.000000513. The first kappa shape index (κ1) is 40.2. The van der Waals surface area contributed by atoms with E-state index in [1.165, 1.54) is 56.4 Å². The number of methoxy groups -OCH3 is 4. The minimum Gasteiger partial charge on any atom is -0.493 e. The summed E-state index contributed by atoms with van der Waals surface area (Å²) >= 11 is 0. The molecule has 52 heavy (non-hydrogen) atoms. The first-order chi connectivity index (χ1) is 24.7. The molecule has 2 aliphatic heterocycles. The second-order valence-corrected chi connectivity index (χ2v) is 11.6. The zero-order chi connectivity index (χ0) is 38.7. The summed E-state index contributed by atoms with van der Waals surface area (Å²) < 4.78 is 31.2. The summed E-state index contributed by atoms with van der Waals surface area (Å²) in [6.45, 7) is 9.75. The summed E-state index contributed by atoms with van der Waals surface area (Å²) in [5, 5.41) is 23.1. The van der Waals surface area contributed by atoms with Crippen LogP contribution in [-0.4, -0.2) is 111 Å². The molecule has 2 amide bonds. The number of benzene rings is 2. The molecule has 0 spiro atoms. The van der Waals surface area contributed by atoms with E-state index in [0.29, 0.717) is 42.7 Å². The molecule has 2 fully saturated rings. The summed E-state index contributed by atoms with van der Waals surface area (Å²) in [5.41, 5.74) is 0.985. The van der Waals surface area contributed by atoms with Crippen LogP contribution in [0.4, 0.5) is 11.4 Å². The standard InChI is InChI=1S/C26H29N3O11.C8H11NO3/c1-15-9-20(26(31)38-5)27(14-15)25(30)17-11-22(37-4)24(13-19(17)29(34)35)40-8-6-7-39-23-12-18(28(32)33)16(2)10-21(23)36-3;1-6-3-7(8(11)12-2)9(4-6)5-10/h10-13,20H,1,6-9,14H2,2-5H3;5,7H,1,3-4H2,2H3/t;7-/m.0/s1. The Hall–Kier alpha value is -6.20. The van der Waals surface area contributed by atoms with Crippen LogP contribution < -0.4 is 18.9 Å². The minimum absolute atomic E-state index is 0.0182. The largest absolute Gasteiger partial charge is 0.493 e. The monoisotopic (exact) mass is 728 g/mol. The minimum atomic E-state index is -0.944. The van der Waals surface area contributed by atoms with Crippen molar-refractivity contribution < 1.29 is 57.4 Å². The Kier molecular flexibility index (Phi) is 14.0. The first-order valence-corrected chi connectivity index (χ1v) is 15.7. The average molecular weight is 729 g/mol. The molecule has 4 rings (SSSR count). The maximum atomic E-state index is 13.3. The van der Waals surface area contributed by atoms with Crippen LogP contribution in [0, 0.1) is 27.2 Å². The van der Waals surface area contributed by atoms with Crippen molar-refractivity contribution in [1.29, 1.82) is 0 Å². The molecule has 0 radical (unpaired) electrons. The van der Waals surface area contributed by atoms with Crippen LogP contribution in [0.3, 0.4) is 0 Å². The van der Waals surface area contributed by atoms with Crippen LogP contribution in [0.1, 0.15) is 35.2 Å². The number of amides is 2. The molecule has 0 aromatic heterocycles. The topological polar surface area (TPSA) is 216 Å². The van der Waals surface area contributed by atoms with Gasteiger partial charge in [-0.1, -0.05) is 24.3 Å². The van der Waals surface area contributed by atoms with Crippen LogP contribution in [0.15, 0.2) is 48.6 Å². The van der Waals surface area contributed by atoms with Gasteiger partial charge in [0.25, 0.3) is 17.3 Å². The van der Waals surface area contributed by atoms with Gasteiger partial charge in [0.15, 0.2) is 23.0 Å². The number of rotatable bonds is 14. The SMILES string of the molecule is C=C1CC(C(=O)OC)N(C(=O)c2cc(OC)c(OCCCOc3cc([N+](=O)[O-])c(C)cc3OC)cc2[N+](=O)[O-])C1.C=C1C[C@@H](C(=O)OC)N(C=O)C1. The van der Waals surface area contributed by atoms with E-state index in [-0.39, 0.29) is 60.6 Å². The fourth-order valence-electron chi connectivity index (χ4n) is 5.49. The third kappa shape index (κ3) is 9.52. The van der Waals surface area contributed by atoms with Crippen LogP contribution in [-0.2, 0) is 23.9 Å². The summed E-state index contributed by atoms with van der Waals surface area (Å²) in [7, 11) is 5.24. The van der Waals surface area contributed by atoms with E-state index >= 15 is 0 Å². The van der Waals surface area contributed by atoms with Crippen molar-refractivity contribution >= 4 is 35.6 Å². The Morgan fingerprint density at radius 1 is 0.788 bits per heavy atom. The number of ether oxygens (including phenoxy) is 6. The smallest absolute Gasteiger partial charge is 0.328 e. The van der Waals surface area contributed by atoms with Crippen LogP contribution >= 0.6 is 0 Å². The van der Waals surface area contributed by atoms with E-state index in [1.54, 1.807) is 6.92 Å². The van der Waals surface area contributed by atoms with Crippen LogP contribution in [0.25, 0.3) is 0 Å². The second-order valence-electron chi connectivity index (χ2n) is 11.6. The second kappa shape index (κ2) is 18.2. The van der Waals surface area contributed by atoms with E-state index < -0.39 is 39.5 Å². The van der Waals surface area contributed by atoms with Crippen molar-refractivity contribution in [3.8, 4) is 23.0 Å². The third-order valence-electron chi connectivity index (χ3n) is 8.08. The fourth-order valence-corrected chi connectivity index (χ4v) is 5.49. The number of hydrogen-bond acceptors (Lipinski definition) is 14. The van der Waals surface area contributed by atoms with Crippen molar-refractivity contribution in [1.82, 2.24) is 9.80 Å². The highest BCUT2D eigenvalue weighted by Crippen LogP contribution is 2.37. The van der Waals surface area contributed by atoms with Gasteiger partial charge in [0.05, 0.1) is 63.6 Å². The molecule has 18 nitrogen and oxygen atoms in total. The lowest BCUT2D eigenvalue weighted by molar-refractivity contribution is -0.385. The number of esters is 2. The van der Waals surface area contributed by atoms with Gasteiger partial charge in [-0.15, -0.1) is 0 Å². The molecular formula is C34H40N4O14. The molecule has 2 saturated heterocycles. The number of aryl methyl sites for hydroxylation is 1. The van der Waals surface area contributed by atoms with Crippen LogP contribution in [0.5, 0.6) is 23.0 Å². The van der Waals surface area contributed by atoms with Gasteiger partial charge in [0, 0.05) is 44.0 Å². The van der Waals surface area contributed by atoms with E-state index in [0.717, 1.165) is 11.6 Å². The predicted octanol–water partition coefficient (Wildman–Crippen LogP) is 3.57. The van der Waals surface area contributed by atoms with Gasteiger partial charge in [-0.25, -0.2) is 9.59 Å². The van der Waals surface area contributed by atoms with Crippen molar-refractivity contribution in [2.75, 3.05) is 54.7 Å². The lowest BCUT2D eigenvalue weighted by atomic mass is 10.1. The van der Waals surface area contributed by atoms with Crippen LogP contribution in [0.2, 0.25) is 0 Å². The molecule has 2 aromatic rings. The third-order valence-corrected chi connectivity index (χ3v) is 8.08. The number of carbonyl (C=O) groups is 4. The maximum absolute atomic E-state index is 13.3. The fraction of sp³-hybridized carbons (Fsp3) is 0.412. The molecule has 2 aromatic carbocycles. The van der Waals surface area contributed by atoms with Crippen molar-refractivity contribution in [2.45, 2.75) is 38.3 Å².